The number of nitrogens with zero attached hydrogens (tertiary/aromatic N) is 1. The molecule has 0 aliphatic heterocycles. The molecule has 0 heterocycles. The first kappa shape index (κ1) is 15.2. The first-order valence-corrected chi connectivity index (χ1v) is 6.67. The lowest BCUT2D eigenvalue weighted by Gasteiger charge is -2.05. The monoisotopic (exact) mass is 253 g/mol. The average molecular weight is 253 g/mol. The van der Waals surface area contributed by atoms with Crippen LogP contribution >= 0.6 is 0 Å². The van der Waals surface area contributed by atoms with Crippen LogP contribution in [-0.2, 0) is 0 Å². The summed E-state index contributed by atoms with van der Waals surface area (Å²) in [6, 6.07) is 8.47. The van der Waals surface area contributed by atoms with Crippen LogP contribution in [-0.4, -0.2) is 5.71 Å². The Bertz CT molecular complexity index is 525. The molecule has 1 rings (SSSR count). The number of hydrogen-bond donors (Lipinski definition) is 0. The van der Waals surface area contributed by atoms with Crippen molar-refractivity contribution in [2.75, 3.05) is 0 Å². The quantitative estimate of drug-likeness (QED) is 0.507. The molecular weight excluding hydrogens is 230 g/mol. The lowest BCUT2D eigenvalue weighted by Crippen LogP contribution is -1.94. The summed E-state index contributed by atoms with van der Waals surface area (Å²) in [5.74, 6) is 0. The Hall–Kier alpha value is -1.89. The van der Waals surface area contributed by atoms with E-state index in [1.807, 2.05) is 32.9 Å². The zero-order valence-corrected chi connectivity index (χ0v) is 12.6. The van der Waals surface area contributed by atoms with Gasteiger partial charge in [-0.2, -0.15) is 0 Å². The van der Waals surface area contributed by atoms with Gasteiger partial charge in [-0.15, -0.1) is 0 Å². The zero-order chi connectivity index (χ0) is 14.3. The largest absolute Gasteiger partial charge is 0.253 e. The van der Waals surface area contributed by atoms with Gasteiger partial charge in [0.2, 0.25) is 0 Å². The third-order valence-corrected chi connectivity index (χ3v) is 3.02. The Morgan fingerprint density at radius 1 is 1.05 bits per heavy atom. The van der Waals surface area contributed by atoms with Gasteiger partial charge in [0.1, 0.15) is 0 Å². The second kappa shape index (κ2) is 7.52. The van der Waals surface area contributed by atoms with Crippen LogP contribution in [0.4, 0.5) is 0 Å². The smallest absolute Gasteiger partial charge is 0.0662 e. The minimum atomic E-state index is 1.02. The number of benzene rings is 1. The van der Waals surface area contributed by atoms with Gasteiger partial charge in [0.25, 0.3) is 0 Å². The SMILES string of the molecule is C\C=C/C=C(C)\C(C)=N\C(=C/C)c1ccc(C)cc1. The van der Waals surface area contributed by atoms with E-state index in [2.05, 4.69) is 50.3 Å². The highest BCUT2D eigenvalue weighted by molar-refractivity contribution is 6.01. The van der Waals surface area contributed by atoms with Crippen LogP contribution in [0.2, 0.25) is 0 Å². The predicted octanol–water partition coefficient (Wildman–Crippen LogP) is 5.34. The minimum Gasteiger partial charge on any atom is -0.253 e. The lowest BCUT2D eigenvalue weighted by atomic mass is 10.1. The highest BCUT2D eigenvalue weighted by Gasteiger charge is 2.00. The predicted molar refractivity (Wildman–Crippen MR) is 86.5 cm³/mol. The van der Waals surface area contributed by atoms with E-state index in [0.717, 1.165) is 17.0 Å². The summed E-state index contributed by atoms with van der Waals surface area (Å²) in [5.41, 5.74) is 5.68. The third kappa shape index (κ3) is 4.70. The molecule has 0 spiro atoms. The second-order valence-corrected chi connectivity index (χ2v) is 4.61. The molecule has 0 fully saturated rings. The Labute approximate surface area is 117 Å². The molecule has 1 aromatic rings. The standard InChI is InChI=1S/C18H23N/c1-6-8-9-15(4)16(5)19-18(7-2)17-12-10-14(3)11-13-17/h6-13H,1-5H3/b8-6-,15-9-,18-7-,19-16+. The van der Waals surface area contributed by atoms with Crippen molar-refractivity contribution < 1.29 is 0 Å². The van der Waals surface area contributed by atoms with Gasteiger partial charge in [0.05, 0.1) is 5.70 Å². The molecule has 100 valence electrons. The van der Waals surface area contributed by atoms with Gasteiger partial charge in [-0.3, -0.25) is 4.99 Å². The molecule has 0 radical (unpaired) electrons. The van der Waals surface area contributed by atoms with E-state index in [4.69, 9.17) is 4.99 Å². The van der Waals surface area contributed by atoms with Gasteiger partial charge < -0.3 is 0 Å². The van der Waals surface area contributed by atoms with E-state index in [9.17, 15) is 0 Å². The molecule has 0 aliphatic rings. The van der Waals surface area contributed by atoms with Crippen LogP contribution in [0.15, 0.2) is 59.1 Å². The Morgan fingerprint density at radius 3 is 2.21 bits per heavy atom. The van der Waals surface area contributed by atoms with Crippen LogP contribution in [0.3, 0.4) is 0 Å². The van der Waals surface area contributed by atoms with Crippen LogP contribution in [0, 0.1) is 6.92 Å². The molecule has 0 amide bonds. The van der Waals surface area contributed by atoms with Crippen LogP contribution in [0.25, 0.3) is 5.70 Å². The van der Waals surface area contributed by atoms with E-state index < -0.39 is 0 Å². The van der Waals surface area contributed by atoms with Gasteiger partial charge in [0.15, 0.2) is 0 Å². The van der Waals surface area contributed by atoms with Gasteiger partial charge in [0, 0.05) is 5.71 Å². The van der Waals surface area contributed by atoms with E-state index in [1.165, 1.54) is 11.1 Å². The highest BCUT2D eigenvalue weighted by atomic mass is 14.8. The number of aliphatic imine (C=N–C) groups is 1. The van der Waals surface area contributed by atoms with Crippen molar-refractivity contribution in [3.05, 3.63) is 65.3 Å². The maximum atomic E-state index is 4.72. The normalized spacial score (nSPS) is 14.3. The lowest BCUT2D eigenvalue weighted by molar-refractivity contribution is 1.40. The summed E-state index contributed by atoms with van der Waals surface area (Å²) < 4.78 is 0. The van der Waals surface area contributed by atoms with Crippen molar-refractivity contribution in [1.29, 1.82) is 0 Å². The van der Waals surface area contributed by atoms with E-state index >= 15 is 0 Å². The summed E-state index contributed by atoms with van der Waals surface area (Å²) in [7, 11) is 0. The number of allylic oxidation sites excluding steroid dienone is 5. The van der Waals surface area contributed by atoms with Crippen molar-refractivity contribution in [3.63, 3.8) is 0 Å². The third-order valence-electron chi connectivity index (χ3n) is 3.02. The Balaban J connectivity index is 3.03. The van der Waals surface area contributed by atoms with Crippen molar-refractivity contribution in [2.45, 2.75) is 34.6 Å². The summed E-state index contributed by atoms with van der Waals surface area (Å²) >= 11 is 0. The van der Waals surface area contributed by atoms with E-state index in [1.54, 1.807) is 0 Å². The summed E-state index contributed by atoms with van der Waals surface area (Å²) in [4.78, 5) is 4.72. The van der Waals surface area contributed by atoms with Gasteiger partial charge in [-0.05, 0) is 45.8 Å². The molecule has 1 nitrogen and oxygen atoms in total. The Morgan fingerprint density at radius 2 is 1.68 bits per heavy atom. The molecule has 0 aromatic heterocycles. The maximum Gasteiger partial charge on any atom is 0.0662 e. The molecule has 19 heavy (non-hydrogen) atoms. The molecule has 0 aliphatic carbocycles. The highest BCUT2D eigenvalue weighted by Crippen LogP contribution is 2.18. The molecule has 0 atom stereocenters. The second-order valence-electron chi connectivity index (χ2n) is 4.61. The number of hydrogen-bond acceptors (Lipinski definition) is 1. The summed E-state index contributed by atoms with van der Waals surface area (Å²) in [5, 5.41) is 0. The number of rotatable bonds is 4. The van der Waals surface area contributed by atoms with Gasteiger partial charge in [-0.25, -0.2) is 0 Å². The number of aryl methyl sites for hydroxylation is 1. The van der Waals surface area contributed by atoms with Crippen molar-refractivity contribution in [1.82, 2.24) is 0 Å². The zero-order valence-electron chi connectivity index (χ0n) is 12.6. The van der Waals surface area contributed by atoms with Crippen molar-refractivity contribution in [3.8, 4) is 0 Å². The molecule has 1 aromatic carbocycles. The fourth-order valence-electron chi connectivity index (χ4n) is 1.65. The van der Waals surface area contributed by atoms with Crippen LogP contribution in [0.1, 0.15) is 38.8 Å². The van der Waals surface area contributed by atoms with Gasteiger partial charge >= 0.3 is 0 Å². The van der Waals surface area contributed by atoms with E-state index in [0.29, 0.717) is 0 Å². The summed E-state index contributed by atoms with van der Waals surface area (Å²) in [6.45, 7) is 10.3. The molecule has 0 saturated carbocycles. The molecule has 0 N–H and O–H groups in total. The van der Waals surface area contributed by atoms with Crippen molar-refractivity contribution in [2.24, 2.45) is 4.99 Å². The topological polar surface area (TPSA) is 12.4 Å². The molecule has 0 saturated heterocycles. The fourth-order valence-corrected chi connectivity index (χ4v) is 1.65. The van der Waals surface area contributed by atoms with Crippen LogP contribution in [0.5, 0.6) is 0 Å². The average Bonchev–Trinajstić information content (AvgIpc) is 2.42. The molecular formula is C18H23N. The van der Waals surface area contributed by atoms with E-state index in [-0.39, 0.29) is 0 Å². The molecule has 0 unspecified atom stereocenters. The molecule has 1 heteroatoms. The Kier molecular flexibility index (Phi) is 6.01. The summed E-state index contributed by atoms with van der Waals surface area (Å²) in [6.07, 6.45) is 8.20. The minimum absolute atomic E-state index is 1.02. The first-order chi connectivity index (χ1) is 9.08. The maximum absolute atomic E-state index is 4.72. The fraction of sp³-hybridized carbons (Fsp3) is 0.278. The molecule has 0 bridgehead atoms. The van der Waals surface area contributed by atoms with Gasteiger partial charge in [-0.1, -0.05) is 54.1 Å². The van der Waals surface area contributed by atoms with Crippen molar-refractivity contribution >= 4 is 11.4 Å². The van der Waals surface area contributed by atoms with Crippen LogP contribution < -0.4 is 0 Å². The first-order valence-electron chi connectivity index (χ1n) is 6.67.